The van der Waals surface area contributed by atoms with Gasteiger partial charge in [-0.05, 0) is 32.9 Å². The van der Waals surface area contributed by atoms with Crippen molar-refractivity contribution in [2.75, 3.05) is 23.8 Å². The van der Waals surface area contributed by atoms with Crippen molar-refractivity contribution in [2.45, 2.75) is 48.3 Å². The number of rotatable bonds is 14. The molecule has 19 heteroatoms. The van der Waals surface area contributed by atoms with E-state index in [0.29, 0.717) is 45.2 Å². The number of fused-ring (bicyclic) bond motifs is 1. The zero-order valence-corrected chi connectivity index (χ0v) is 37.5. The molecule has 0 bridgehead atoms. The Bertz CT molecular complexity index is 2420. The molecular formula is C43H40ClN7O7S4. The van der Waals surface area contributed by atoms with Crippen LogP contribution in [-0.4, -0.2) is 79.5 Å². The Morgan fingerprint density at radius 2 is 1.58 bits per heavy atom. The van der Waals surface area contributed by atoms with E-state index >= 15 is 0 Å². The van der Waals surface area contributed by atoms with Crippen molar-refractivity contribution in [1.29, 1.82) is 0 Å². The number of hydrogen-bond acceptors (Lipinski definition) is 15. The first kappa shape index (κ1) is 44.5. The van der Waals surface area contributed by atoms with Crippen LogP contribution in [0.15, 0.2) is 125 Å². The van der Waals surface area contributed by atoms with Gasteiger partial charge in [-0.15, -0.1) is 23.5 Å². The summed E-state index contributed by atoms with van der Waals surface area (Å²) in [6.07, 6.45) is 1.04. The Kier molecular flexibility index (Phi) is 13.8. The average Bonchev–Trinajstić information content (AvgIpc) is 3.61. The molecule has 0 aliphatic carbocycles. The Labute approximate surface area is 380 Å². The van der Waals surface area contributed by atoms with Gasteiger partial charge in [0.25, 0.3) is 11.8 Å². The fourth-order valence-electron chi connectivity index (χ4n) is 6.85. The molecule has 320 valence electrons. The van der Waals surface area contributed by atoms with Crippen molar-refractivity contribution >= 4 is 99.7 Å². The molecule has 3 aromatic carbocycles. The number of ether oxygens (including phenoxy) is 1. The van der Waals surface area contributed by atoms with Crippen molar-refractivity contribution < 1.29 is 32.9 Å². The fraction of sp³-hybridized carbons (Fsp3) is 0.233. The van der Waals surface area contributed by atoms with Crippen LogP contribution >= 0.6 is 59.4 Å². The molecule has 2 aromatic heterocycles. The maximum absolute atomic E-state index is 14.5. The highest BCUT2D eigenvalue weighted by Gasteiger charge is 2.55. The molecule has 2 aliphatic rings. The van der Waals surface area contributed by atoms with E-state index in [4.69, 9.17) is 31.1 Å². The number of nitrogen functional groups attached to an aromatic ring is 1. The molecule has 2 atom stereocenters. The van der Waals surface area contributed by atoms with E-state index in [1.54, 1.807) is 33.0 Å². The highest BCUT2D eigenvalue weighted by atomic mass is 35.5. The van der Waals surface area contributed by atoms with Gasteiger partial charge in [0.1, 0.15) is 32.7 Å². The molecule has 0 unspecified atom stereocenters. The molecule has 3 amide bonds. The van der Waals surface area contributed by atoms with Crippen LogP contribution in [0.4, 0.5) is 9.93 Å². The number of hydrogen-bond donors (Lipinski definition) is 4. The topological polar surface area (TPSA) is 187 Å². The summed E-state index contributed by atoms with van der Waals surface area (Å²) in [5, 5.41) is 9.41. The van der Waals surface area contributed by atoms with Gasteiger partial charge >= 0.3 is 12.1 Å². The largest absolute Gasteiger partial charge is 0.444 e. The molecule has 4 heterocycles. The van der Waals surface area contributed by atoms with Gasteiger partial charge in [-0.1, -0.05) is 119 Å². The van der Waals surface area contributed by atoms with E-state index < -0.39 is 46.5 Å². The van der Waals surface area contributed by atoms with Crippen LogP contribution in [0.1, 0.15) is 48.8 Å². The Morgan fingerprint density at radius 1 is 0.968 bits per heavy atom. The van der Waals surface area contributed by atoms with Gasteiger partial charge in [0.15, 0.2) is 10.8 Å². The number of thiol groups is 1. The summed E-state index contributed by atoms with van der Waals surface area (Å²) in [7, 11) is 0. The Balaban J connectivity index is 1.18. The molecule has 0 spiro atoms. The number of amides is 3. The minimum absolute atomic E-state index is 0.0438. The highest BCUT2D eigenvalue weighted by Crippen LogP contribution is 2.45. The van der Waals surface area contributed by atoms with Gasteiger partial charge in [0.05, 0.1) is 5.69 Å². The van der Waals surface area contributed by atoms with Crippen molar-refractivity contribution in [2.24, 2.45) is 5.16 Å². The summed E-state index contributed by atoms with van der Waals surface area (Å²) < 4.78 is 10.3. The first-order chi connectivity index (χ1) is 29.8. The van der Waals surface area contributed by atoms with Gasteiger partial charge in [-0.3, -0.25) is 19.5 Å². The second-order valence-corrected chi connectivity index (χ2v) is 18.7. The number of aromatic nitrogens is 2. The normalized spacial score (nSPS) is 16.5. The lowest BCUT2D eigenvalue weighted by molar-refractivity contribution is -0.148. The Hall–Kier alpha value is -5.53. The standard InChI is InChI=1S/C43H40ClN7O7S4/c1-42(2,3)56-41(55)47-22-23-60-29-20-13-21-46-30(29)28-24-61-38-33(37(53)51(38)34(28)39(54)57-59)48-36(52)32(31-35(44)62-40(45)49-31)50-58-43(25-14-7-4-8-15-25,26-16-9-5-10-17-26)27-18-11-6-12-19-27/h4-21,33,38,59H,22-24H2,1-3H3,(H2,45,49)(H,47,55)(H,48,52)/t33-,38+/m1/s1. The summed E-state index contributed by atoms with van der Waals surface area (Å²) in [4.78, 5) is 71.7. The number of carbonyl (C=O) groups is 4. The molecule has 7 rings (SSSR count). The molecular weight excluding hydrogens is 890 g/mol. The summed E-state index contributed by atoms with van der Waals surface area (Å²) in [6.45, 7) is 5.63. The van der Waals surface area contributed by atoms with Gasteiger partial charge in [-0.25, -0.2) is 14.6 Å². The lowest BCUT2D eigenvalue weighted by Gasteiger charge is -2.49. The number of oxime groups is 1. The molecule has 0 saturated carbocycles. The van der Waals surface area contributed by atoms with Gasteiger partial charge in [0, 0.05) is 64.3 Å². The number of benzene rings is 3. The predicted molar refractivity (Wildman–Crippen MR) is 245 cm³/mol. The number of nitrogens with zero attached hydrogens (tertiary/aromatic N) is 4. The number of thioether (sulfide) groups is 2. The molecule has 14 nitrogen and oxygen atoms in total. The number of nitrogens with one attached hydrogen (secondary N) is 2. The van der Waals surface area contributed by atoms with E-state index in [0.717, 1.165) is 11.3 Å². The van der Waals surface area contributed by atoms with Crippen LogP contribution in [0.2, 0.25) is 4.34 Å². The van der Waals surface area contributed by atoms with E-state index in [9.17, 15) is 19.2 Å². The number of carbonyl (C=O) groups excluding carboxylic acids is 4. The quantitative estimate of drug-likeness (QED) is 0.0127. The monoisotopic (exact) mass is 929 g/mol. The number of halogens is 1. The Morgan fingerprint density at radius 3 is 2.13 bits per heavy atom. The summed E-state index contributed by atoms with van der Waals surface area (Å²) in [5.41, 5.74) is 6.66. The molecule has 1 fully saturated rings. The number of β-lactam (4-membered cyclic amide) rings is 1. The number of nitrogens with two attached hydrogens (primary N) is 1. The third kappa shape index (κ3) is 9.44. The second-order valence-electron chi connectivity index (χ2n) is 14.7. The van der Waals surface area contributed by atoms with Gasteiger partial charge in [0.2, 0.25) is 5.60 Å². The molecule has 1 saturated heterocycles. The lowest BCUT2D eigenvalue weighted by atomic mass is 9.80. The van der Waals surface area contributed by atoms with Crippen molar-refractivity contribution in [3.05, 3.63) is 147 Å². The zero-order valence-electron chi connectivity index (χ0n) is 33.4. The number of pyridine rings is 1. The second kappa shape index (κ2) is 19.2. The molecule has 5 aromatic rings. The minimum Gasteiger partial charge on any atom is -0.444 e. The first-order valence-corrected chi connectivity index (χ1v) is 22.7. The summed E-state index contributed by atoms with van der Waals surface area (Å²) >= 11 is 14.1. The lowest BCUT2D eigenvalue weighted by Crippen LogP contribution is -2.71. The molecule has 62 heavy (non-hydrogen) atoms. The highest BCUT2D eigenvalue weighted by molar-refractivity contribution is 8.00. The van der Waals surface area contributed by atoms with Crippen molar-refractivity contribution in [3.63, 3.8) is 0 Å². The van der Waals surface area contributed by atoms with Crippen LogP contribution in [0.25, 0.3) is 5.57 Å². The van der Waals surface area contributed by atoms with Crippen molar-refractivity contribution in [3.8, 4) is 0 Å². The summed E-state index contributed by atoms with van der Waals surface area (Å²) in [5.74, 6) is -1.62. The minimum atomic E-state index is -1.37. The fourth-order valence-corrected chi connectivity index (χ4v) is 10.1. The van der Waals surface area contributed by atoms with Crippen LogP contribution < -0.4 is 16.4 Å². The summed E-state index contributed by atoms with van der Waals surface area (Å²) in [6, 6.07) is 30.8. The van der Waals surface area contributed by atoms with E-state index in [2.05, 4.69) is 38.7 Å². The molecule has 0 radical (unpaired) electrons. The van der Waals surface area contributed by atoms with Crippen LogP contribution in [0.3, 0.4) is 0 Å². The molecule has 2 aliphatic heterocycles. The zero-order chi connectivity index (χ0) is 44.0. The third-order valence-corrected chi connectivity index (χ3v) is 13.0. The SMILES string of the molecule is CC(C)(C)OC(=O)NCCSc1cccnc1C1=C(C(=O)OS)N2C(=O)[C@@H](NC(=O)C(=NOC(c3ccccc3)(c3ccccc3)c3ccccc3)c3nc(N)sc3Cl)[C@@H]2SC1. The number of anilines is 1. The maximum atomic E-state index is 14.5. The average molecular weight is 931 g/mol. The van der Waals surface area contributed by atoms with Crippen LogP contribution in [0, 0.1) is 0 Å². The van der Waals surface area contributed by atoms with E-state index in [1.165, 1.54) is 28.4 Å². The van der Waals surface area contributed by atoms with Crippen LogP contribution in [-0.2, 0) is 33.7 Å². The van der Waals surface area contributed by atoms with Gasteiger partial charge < -0.3 is 30.1 Å². The van der Waals surface area contributed by atoms with E-state index in [-0.39, 0.29) is 32.3 Å². The van der Waals surface area contributed by atoms with Crippen LogP contribution in [0.5, 0.6) is 0 Å². The number of thiazole rings is 1. The first-order valence-electron chi connectivity index (χ1n) is 19.1. The van der Waals surface area contributed by atoms with Gasteiger partial charge in [-0.2, -0.15) is 0 Å². The smallest absolute Gasteiger partial charge is 0.407 e. The predicted octanol–water partition coefficient (Wildman–Crippen LogP) is 7.30. The molecule has 4 N–H and O–H groups in total. The number of alkyl carbamates (subject to hydrolysis) is 1. The maximum Gasteiger partial charge on any atom is 0.407 e. The van der Waals surface area contributed by atoms with E-state index in [1.807, 2.05) is 97.1 Å². The third-order valence-electron chi connectivity index (χ3n) is 9.47. The van der Waals surface area contributed by atoms with Crippen molar-refractivity contribution in [1.82, 2.24) is 25.5 Å².